The Morgan fingerprint density at radius 3 is 2.48 bits per heavy atom. The molecule has 1 N–H and O–H groups in total. The predicted octanol–water partition coefficient (Wildman–Crippen LogP) is 4.59. The third-order valence-corrected chi connectivity index (χ3v) is 4.67. The molecule has 1 fully saturated rings. The van der Waals surface area contributed by atoms with Crippen LogP contribution in [0.4, 0.5) is 11.4 Å². The van der Waals surface area contributed by atoms with Gasteiger partial charge in [0.05, 0.1) is 0 Å². The number of carbonyl (C=O) groups excluding carboxylic acids is 1. The Balaban J connectivity index is 1.55. The average Bonchev–Trinajstić information content (AvgIpc) is 3.04. The van der Waals surface area contributed by atoms with Gasteiger partial charge in [-0.25, -0.2) is 0 Å². The van der Waals surface area contributed by atoms with Crippen LogP contribution >= 0.6 is 11.6 Å². The lowest BCUT2D eigenvalue weighted by molar-refractivity contribution is -0.122. The molecule has 1 heterocycles. The number of nitrogens with zero attached hydrogens (tertiary/aromatic N) is 1. The first kappa shape index (κ1) is 17.6. The van der Waals surface area contributed by atoms with Crippen LogP contribution < -0.4 is 15.0 Å². The molecule has 0 radical (unpaired) electrons. The quantitative estimate of drug-likeness (QED) is 0.849. The summed E-state index contributed by atoms with van der Waals surface area (Å²) < 4.78 is 5.64. The van der Waals surface area contributed by atoms with Crippen LogP contribution in [0.15, 0.2) is 48.5 Å². The molecule has 1 amide bonds. The molecule has 0 spiro atoms. The molecule has 2 atom stereocenters. The first-order valence-electron chi connectivity index (χ1n) is 8.59. The minimum Gasteiger partial charge on any atom is -0.481 e. The van der Waals surface area contributed by atoms with Crippen LogP contribution in [0.5, 0.6) is 5.75 Å². The zero-order chi connectivity index (χ0) is 17.8. The van der Waals surface area contributed by atoms with E-state index >= 15 is 0 Å². The van der Waals surface area contributed by atoms with Crippen molar-refractivity contribution in [2.75, 3.05) is 23.3 Å². The van der Waals surface area contributed by atoms with Gasteiger partial charge >= 0.3 is 0 Å². The topological polar surface area (TPSA) is 41.6 Å². The fourth-order valence-electron chi connectivity index (χ4n) is 2.94. The zero-order valence-corrected chi connectivity index (χ0v) is 15.3. The van der Waals surface area contributed by atoms with Crippen molar-refractivity contribution in [3.8, 4) is 5.75 Å². The zero-order valence-electron chi connectivity index (χ0n) is 14.5. The molecule has 3 rings (SSSR count). The van der Waals surface area contributed by atoms with Gasteiger partial charge in [0, 0.05) is 29.5 Å². The molecule has 0 saturated carbocycles. The molecule has 25 heavy (non-hydrogen) atoms. The fourth-order valence-corrected chi connectivity index (χ4v) is 3.07. The number of benzene rings is 2. The summed E-state index contributed by atoms with van der Waals surface area (Å²) in [6, 6.07) is 14.9. The second-order valence-electron chi connectivity index (χ2n) is 6.59. The predicted molar refractivity (Wildman–Crippen MR) is 103 cm³/mol. The van der Waals surface area contributed by atoms with Gasteiger partial charge in [-0.1, -0.05) is 18.5 Å². The van der Waals surface area contributed by atoms with Gasteiger partial charge in [0.25, 0.3) is 5.91 Å². The van der Waals surface area contributed by atoms with Crippen molar-refractivity contribution < 1.29 is 9.53 Å². The molecule has 1 aliphatic heterocycles. The highest BCUT2D eigenvalue weighted by Crippen LogP contribution is 2.25. The van der Waals surface area contributed by atoms with E-state index < -0.39 is 6.10 Å². The summed E-state index contributed by atoms with van der Waals surface area (Å²) in [5, 5.41) is 3.53. The maximum absolute atomic E-state index is 12.3. The second-order valence-corrected chi connectivity index (χ2v) is 7.03. The van der Waals surface area contributed by atoms with Gasteiger partial charge in [-0.05, 0) is 67.8 Å². The van der Waals surface area contributed by atoms with Crippen LogP contribution in [0, 0.1) is 5.92 Å². The molecular formula is C20H23ClN2O2. The highest BCUT2D eigenvalue weighted by Gasteiger charge is 2.19. The molecule has 2 aromatic rings. The Kier molecular flexibility index (Phi) is 5.49. The molecular weight excluding hydrogens is 336 g/mol. The number of nitrogens with one attached hydrogen (secondary N) is 1. The summed E-state index contributed by atoms with van der Waals surface area (Å²) in [6.45, 7) is 6.19. The number of hydrogen-bond acceptors (Lipinski definition) is 3. The number of rotatable bonds is 5. The Labute approximate surface area is 153 Å². The molecule has 2 aromatic carbocycles. The van der Waals surface area contributed by atoms with Crippen molar-refractivity contribution in [2.45, 2.75) is 26.4 Å². The summed E-state index contributed by atoms with van der Waals surface area (Å²) >= 11 is 5.85. The first-order chi connectivity index (χ1) is 12.0. The molecule has 4 nitrogen and oxygen atoms in total. The number of carbonyl (C=O) groups is 1. The van der Waals surface area contributed by atoms with Crippen LogP contribution in [-0.2, 0) is 4.79 Å². The van der Waals surface area contributed by atoms with Gasteiger partial charge in [0.1, 0.15) is 5.75 Å². The van der Waals surface area contributed by atoms with E-state index in [4.69, 9.17) is 16.3 Å². The van der Waals surface area contributed by atoms with E-state index in [9.17, 15) is 4.79 Å². The fraction of sp³-hybridized carbons (Fsp3) is 0.350. The van der Waals surface area contributed by atoms with Crippen molar-refractivity contribution in [1.82, 2.24) is 0 Å². The van der Waals surface area contributed by atoms with Gasteiger partial charge in [-0.15, -0.1) is 0 Å². The summed E-state index contributed by atoms with van der Waals surface area (Å²) in [5.74, 6) is 1.17. The van der Waals surface area contributed by atoms with Crippen molar-refractivity contribution in [1.29, 1.82) is 0 Å². The van der Waals surface area contributed by atoms with Gasteiger partial charge in [-0.2, -0.15) is 0 Å². The smallest absolute Gasteiger partial charge is 0.265 e. The standard InChI is InChI=1S/C20H23ClN2O2/c1-14-11-12-23(13-14)18-7-5-17(6-8-18)22-20(24)15(2)25-19-9-3-16(21)4-10-19/h3-10,14-15H,11-13H2,1-2H3,(H,22,24). The van der Waals surface area contributed by atoms with Crippen LogP contribution in [-0.4, -0.2) is 25.1 Å². The largest absolute Gasteiger partial charge is 0.481 e. The molecule has 1 aliphatic rings. The maximum Gasteiger partial charge on any atom is 0.265 e. The molecule has 0 aromatic heterocycles. The van der Waals surface area contributed by atoms with E-state index in [0.717, 1.165) is 24.7 Å². The normalized spacial score (nSPS) is 18.0. The van der Waals surface area contributed by atoms with Crippen molar-refractivity contribution >= 4 is 28.9 Å². The minimum atomic E-state index is -0.597. The lowest BCUT2D eigenvalue weighted by atomic mass is 10.2. The van der Waals surface area contributed by atoms with Gasteiger partial charge in [0.15, 0.2) is 6.10 Å². The third kappa shape index (κ3) is 4.67. The van der Waals surface area contributed by atoms with Crippen molar-refractivity contribution in [3.05, 3.63) is 53.6 Å². The van der Waals surface area contributed by atoms with Gasteiger partial charge in [0.2, 0.25) is 0 Å². The van der Waals surface area contributed by atoms with E-state index in [0.29, 0.717) is 10.8 Å². The summed E-state index contributed by atoms with van der Waals surface area (Å²) in [6.07, 6.45) is 0.637. The summed E-state index contributed by atoms with van der Waals surface area (Å²) in [7, 11) is 0. The second kappa shape index (κ2) is 7.79. The van der Waals surface area contributed by atoms with E-state index in [1.165, 1.54) is 12.1 Å². The number of amides is 1. The highest BCUT2D eigenvalue weighted by atomic mass is 35.5. The van der Waals surface area contributed by atoms with E-state index in [-0.39, 0.29) is 5.91 Å². The molecule has 132 valence electrons. The average molecular weight is 359 g/mol. The molecule has 0 aliphatic carbocycles. The van der Waals surface area contributed by atoms with Gasteiger partial charge in [-0.3, -0.25) is 4.79 Å². The number of halogens is 1. The van der Waals surface area contributed by atoms with Crippen LogP contribution in [0.25, 0.3) is 0 Å². The maximum atomic E-state index is 12.3. The van der Waals surface area contributed by atoms with Gasteiger partial charge < -0.3 is 15.0 Å². The Morgan fingerprint density at radius 2 is 1.88 bits per heavy atom. The highest BCUT2D eigenvalue weighted by molar-refractivity contribution is 6.30. The van der Waals surface area contributed by atoms with Crippen LogP contribution in [0.2, 0.25) is 5.02 Å². The summed E-state index contributed by atoms with van der Waals surface area (Å²) in [5.41, 5.74) is 1.97. The molecule has 2 unspecified atom stereocenters. The van der Waals surface area contributed by atoms with E-state index in [1.54, 1.807) is 31.2 Å². The van der Waals surface area contributed by atoms with Crippen LogP contribution in [0.3, 0.4) is 0 Å². The number of hydrogen-bond donors (Lipinski definition) is 1. The number of anilines is 2. The van der Waals surface area contributed by atoms with Crippen molar-refractivity contribution in [2.24, 2.45) is 5.92 Å². The van der Waals surface area contributed by atoms with Crippen LogP contribution in [0.1, 0.15) is 20.3 Å². The first-order valence-corrected chi connectivity index (χ1v) is 8.97. The lowest BCUT2D eigenvalue weighted by Gasteiger charge is -2.19. The lowest BCUT2D eigenvalue weighted by Crippen LogP contribution is -2.30. The molecule has 0 bridgehead atoms. The SMILES string of the molecule is CC1CCN(c2ccc(NC(=O)C(C)Oc3ccc(Cl)cc3)cc2)C1. The molecule has 1 saturated heterocycles. The van der Waals surface area contributed by atoms with E-state index in [1.807, 2.05) is 12.1 Å². The number of ether oxygens (including phenoxy) is 1. The monoisotopic (exact) mass is 358 g/mol. The minimum absolute atomic E-state index is 0.183. The Morgan fingerprint density at radius 1 is 1.20 bits per heavy atom. The van der Waals surface area contributed by atoms with Crippen molar-refractivity contribution in [3.63, 3.8) is 0 Å². The Bertz CT molecular complexity index is 715. The molecule has 5 heteroatoms. The Hall–Kier alpha value is -2.20. The summed E-state index contributed by atoms with van der Waals surface area (Å²) in [4.78, 5) is 14.7. The third-order valence-electron chi connectivity index (χ3n) is 4.42. The van der Waals surface area contributed by atoms with E-state index in [2.05, 4.69) is 29.3 Å².